The second kappa shape index (κ2) is 9.93. The number of benzene rings is 3. The highest BCUT2D eigenvalue weighted by atomic mass is 19.2. The molecule has 0 spiro atoms. The first-order valence-corrected chi connectivity index (χ1v) is 12.1. The molecule has 1 aliphatic heterocycles. The maximum Gasteiger partial charge on any atom is 0.166 e. The van der Waals surface area contributed by atoms with Crippen LogP contribution in [0.15, 0.2) is 54.6 Å². The number of rotatable bonds is 7. The van der Waals surface area contributed by atoms with E-state index >= 15 is 4.39 Å². The average Bonchev–Trinajstić information content (AvgIpc) is 3.70. The van der Waals surface area contributed by atoms with Crippen LogP contribution in [0.1, 0.15) is 66.9 Å². The first kappa shape index (κ1) is 23.1. The van der Waals surface area contributed by atoms with Gasteiger partial charge in [0, 0.05) is 11.1 Å². The predicted molar refractivity (Wildman–Crippen MR) is 126 cm³/mol. The summed E-state index contributed by atoms with van der Waals surface area (Å²) in [5, 5.41) is 0. The Morgan fingerprint density at radius 2 is 1.50 bits per heavy atom. The van der Waals surface area contributed by atoms with Gasteiger partial charge in [-0.3, -0.25) is 0 Å². The highest BCUT2D eigenvalue weighted by Gasteiger charge is 2.29. The smallest absolute Gasteiger partial charge is 0.166 e. The van der Waals surface area contributed by atoms with E-state index in [0.29, 0.717) is 35.5 Å². The van der Waals surface area contributed by atoms with Crippen LogP contribution < -0.4 is 0 Å². The van der Waals surface area contributed by atoms with Crippen molar-refractivity contribution >= 4 is 0 Å². The summed E-state index contributed by atoms with van der Waals surface area (Å²) in [4.78, 5) is 0. The number of ether oxygens (including phenoxy) is 2. The van der Waals surface area contributed by atoms with Crippen molar-refractivity contribution in [3.05, 3.63) is 94.3 Å². The molecule has 5 rings (SSSR count). The van der Waals surface area contributed by atoms with Crippen molar-refractivity contribution in [2.24, 2.45) is 0 Å². The van der Waals surface area contributed by atoms with Gasteiger partial charge in [0.1, 0.15) is 11.9 Å². The molecule has 1 aliphatic carbocycles. The molecule has 3 aromatic rings. The Morgan fingerprint density at radius 3 is 2.15 bits per heavy atom. The second-order valence-electron chi connectivity index (χ2n) is 9.34. The van der Waals surface area contributed by atoms with Crippen molar-refractivity contribution in [1.82, 2.24) is 0 Å². The Balaban J connectivity index is 1.19. The molecule has 5 heteroatoms. The SMILES string of the molecule is CCc1ccc(-c2ccc(C3CCC(OCc4ccc(C5CO5)c(F)c4)CC3)c(F)c2F)cc1. The summed E-state index contributed by atoms with van der Waals surface area (Å²) in [6.07, 6.45) is 3.84. The van der Waals surface area contributed by atoms with Gasteiger partial charge in [-0.05, 0) is 66.3 Å². The summed E-state index contributed by atoms with van der Waals surface area (Å²) in [6, 6.07) is 16.2. The molecule has 2 aliphatic rings. The van der Waals surface area contributed by atoms with Gasteiger partial charge in [-0.2, -0.15) is 0 Å². The molecule has 0 amide bonds. The zero-order valence-electron chi connectivity index (χ0n) is 19.3. The molecule has 34 heavy (non-hydrogen) atoms. The summed E-state index contributed by atoms with van der Waals surface area (Å²) in [7, 11) is 0. The lowest BCUT2D eigenvalue weighted by atomic mass is 9.82. The predicted octanol–water partition coefficient (Wildman–Crippen LogP) is 7.65. The molecular formula is C29H29F3O2. The molecule has 1 heterocycles. The van der Waals surface area contributed by atoms with E-state index in [4.69, 9.17) is 9.47 Å². The fourth-order valence-electron chi connectivity index (χ4n) is 4.93. The van der Waals surface area contributed by atoms with Crippen molar-refractivity contribution < 1.29 is 22.6 Å². The summed E-state index contributed by atoms with van der Waals surface area (Å²) in [6.45, 7) is 2.98. The van der Waals surface area contributed by atoms with Crippen LogP contribution in [0.2, 0.25) is 0 Å². The molecule has 0 aromatic heterocycles. The molecule has 1 atom stereocenters. The van der Waals surface area contributed by atoms with E-state index in [1.165, 1.54) is 6.07 Å². The summed E-state index contributed by atoms with van der Waals surface area (Å²) >= 11 is 0. The van der Waals surface area contributed by atoms with E-state index in [9.17, 15) is 8.78 Å². The zero-order valence-corrected chi connectivity index (χ0v) is 19.3. The third kappa shape index (κ3) is 4.91. The minimum atomic E-state index is -0.776. The Morgan fingerprint density at radius 1 is 0.824 bits per heavy atom. The molecule has 1 unspecified atom stereocenters. The summed E-state index contributed by atoms with van der Waals surface area (Å²) in [5.74, 6) is -1.80. The fourth-order valence-corrected chi connectivity index (χ4v) is 4.93. The van der Waals surface area contributed by atoms with E-state index < -0.39 is 11.6 Å². The lowest BCUT2D eigenvalue weighted by molar-refractivity contribution is 0.0130. The Bertz CT molecular complexity index is 1150. The fraction of sp³-hybridized carbons (Fsp3) is 0.379. The number of aryl methyl sites for hydroxylation is 1. The number of halogens is 3. The molecular weight excluding hydrogens is 437 g/mol. The van der Waals surface area contributed by atoms with E-state index in [0.717, 1.165) is 43.2 Å². The molecule has 0 radical (unpaired) electrons. The Hall–Kier alpha value is -2.63. The van der Waals surface area contributed by atoms with Crippen LogP contribution in [-0.4, -0.2) is 12.7 Å². The third-order valence-electron chi connectivity index (χ3n) is 7.13. The first-order chi connectivity index (χ1) is 16.5. The topological polar surface area (TPSA) is 21.8 Å². The molecule has 0 N–H and O–H groups in total. The normalized spacial score (nSPS) is 22.1. The minimum Gasteiger partial charge on any atom is -0.374 e. The van der Waals surface area contributed by atoms with Crippen LogP contribution >= 0.6 is 0 Å². The minimum absolute atomic E-state index is 0.0267. The number of hydrogen-bond acceptors (Lipinski definition) is 2. The van der Waals surface area contributed by atoms with Gasteiger partial charge in [-0.25, -0.2) is 13.2 Å². The van der Waals surface area contributed by atoms with Gasteiger partial charge in [0.05, 0.1) is 19.3 Å². The van der Waals surface area contributed by atoms with Gasteiger partial charge >= 0.3 is 0 Å². The monoisotopic (exact) mass is 466 g/mol. The zero-order chi connectivity index (χ0) is 23.7. The third-order valence-corrected chi connectivity index (χ3v) is 7.13. The summed E-state index contributed by atoms with van der Waals surface area (Å²) in [5.41, 5.74) is 3.99. The lowest BCUT2D eigenvalue weighted by Crippen LogP contribution is -2.21. The maximum absolute atomic E-state index is 15.0. The largest absolute Gasteiger partial charge is 0.374 e. The van der Waals surface area contributed by atoms with Crippen molar-refractivity contribution in [3.63, 3.8) is 0 Å². The molecule has 2 nitrogen and oxygen atoms in total. The van der Waals surface area contributed by atoms with Gasteiger partial charge in [-0.15, -0.1) is 0 Å². The number of epoxide rings is 1. The van der Waals surface area contributed by atoms with Gasteiger partial charge in [-0.1, -0.05) is 55.5 Å². The average molecular weight is 467 g/mol. The summed E-state index contributed by atoms with van der Waals surface area (Å²) < 4.78 is 55.3. The van der Waals surface area contributed by atoms with Crippen LogP contribution in [0.3, 0.4) is 0 Å². The quantitative estimate of drug-likeness (QED) is 0.334. The Labute approximate surface area is 198 Å². The molecule has 1 saturated carbocycles. The van der Waals surface area contributed by atoms with Crippen molar-refractivity contribution in [2.75, 3.05) is 6.61 Å². The van der Waals surface area contributed by atoms with Crippen molar-refractivity contribution in [3.8, 4) is 11.1 Å². The van der Waals surface area contributed by atoms with E-state index in [2.05, 4.69) is 6.92 Å². The lowest BCUT2D eigenvalue weighted by Gasteiger charge is -2.29. The Kier molecular flexibility index (Phi) is 6.75. The maximum atomic E-state index is 15.0. The molecule has 3 aromatic carbocycles. The van der Waals surface area contributed by atoms with Crippen LogP contribution in [-0.2, 0) is 22.5 Å². The molecule has 2 fully saturated rings. The highest BCUT2D eigenvalue weighted by molar-refractivity contribution is 5.65. The van der Waals surface area contributed by atoms with Gasteiger partial charge in [0.2, 0.25) is 0 Å². The van der Waals surface area contributed by atoms with Gasteiger partial charge < -0.3 is 9.47 Å². The second-order valence-corrected chi connectivity index (χ2v) is 9.34. The number of hydrogen-bond donors (Lipinski definition) is 0. The van der Waals surface area contributed by atoms with E-state index in [1.807, 2.05) is 30.3 Å². The van der Waals surface area contributed by atoms with Crippen molar-refractivity contribution in [2.45, 2.75) is 63.8 Å². The van der Waals surface area contributed by atoms with Crippen LogP contribution in [0.5, 0.6) is 0 Å². The molecule has 178 valence electrons. The highest BCUT2D eigenvalue weighted by Crippen LogP contribution is 2.38. The first-order valence-electron chi connectivity index (χ1n) is 12.1. The van der Waals surface area contributed by atoms with Gasteiger partial charge in [0.15, 0.2) is 11.6 Å². The van der Waals surface area contributed by atoms with Crippen molar-refractivity contribution in [1.29, 1.82) is 0 Å². The van der Waals surface area contributed by atoms with Crippen LogP contribution in [0, 0.1) is 17.5 Å². The van der Waals surface area contributed by atoms with E-state index in [-0.39, 0.29) is 23.9 Å². The standard InChI is InChI=1S/C29H29F3O2/c1-2-18-3-6-20(7-4-18)23-13-14-24(29(32)28(23)31)21-8-10-22(11-9-21)33-16-19-5-12-25(26(30)15-19)27-17-34-27/h3-7,12-15,21-22,27H,2,8-11,16-17H2,1H3. The van der Waals surface area contributed by atoms with Crippen LogP contribution in [0.4, 0.5) is 13.2 Å². The molecule has 1 saturated heterocycles. The van der Waals surface area contributed by atoms with Crippen LogP contribution in [0.25, 0.3) is 11.1 Å². The van der Waals surface area contributed by atoms with E-state index in [1.54, 1.807) is 18.2 Å². The van der Waals surface area contributed by atoms with Gasteiger partial charge in [0.25, 0.3) is 0 Å². The molecule has 0 bridgehead atoms.